The van der Waals surface area contributed by atoms with Crippen LogP contribution in [0.15, 0.2) is 33.1 Å². The molecule has 110 valence electrons. The minimum absolute atomic E-state index is 0.205. The van der Waals surface area contributed by atoms with Crippen molar-refractivity contribution in [1.82, 2.24) is 10.6 Å². The summed E-state index contributed by atoms with van der Waals surface area (Å²) >= 11 is 1.53. The largest absolute Gasteiger partial charge is 0.459 e. The van der Waals surface area contributed by atoms with Crippen LogP contribution >= 0.6 is 11.3 Å². The summed E-state index contributed by atoms with van der Waals surface area (Å²) in [5.41, 5.74) is 1.99. The molecule has 7 heteroatoms. The van der Waals surface area contributed by atoms with Gasteiger partial charge in [-0.2, -0.15) is 16.6 Å². The van der Waals surface area contributed by atoms with E-state index in [0.29, 0.717) is 17.2 Å². The van der Waals surface area contributed by atoms with Crippen molar-refractivity contribution in [3.05, 3.63) is 33.7 Å². The molecule has 1 aliphatic rings. The maximum atomic E-state index is 12.3. The monoisotopic (exact) mass is 304 g/mol. The summed E-state index contributed by atoms with van der Waals surface area (Å²) in [4.78, 5) is 16.7. The minimum Gasteiger partial charge on any atom is -0.459 e. The summed E-state index contributed by atoms with van der Waals surface area (Å²) in [6.45, 7) is 5.37. The van der Waals surface area contributed by atoms with Crippen LogP contribution in [0, 0.1) is 11.5 Å². The van der Waals surface area contributed by atoms with Crippen LogP contribution < -0.4 is 10.6 Å². The molecular weight excluding hydrogens is 288 g/mol. The predicted molar refractivity (Wildman–Crippen MR) is 80.3 cm³/mol. The number of nitrogens with one attached hydrogen (secondary N) is 2. The number of ether oxygens (including phenoxy) is 1. The number of esters is 1. The third kappa shape index (κ3) is 3.41. The van der Waals surface area contributed by atoms with Gasteiger partial charge in [-0.1, -0.05) is 0 Å². The Hall–Kier alpha value is -2.33. The van der Waals surface area contributed by atoms with Crippen molar-refractivity contribution in [2.75, 3.05) is 0 Å². The van der Waals surface area contributed by atoms with Crippen LogP contribution in [0.5, 0.6) is 0 Å². The lowest BCUT2D eigenvalue weighted by atomic mass is 9.99. The number of guanidine groups is 1. The third-order valence-electron chi connectivity index (χ3n) is 2.84. The first-order valence-corrected chi connectivity index (χ1v) is 7.41. The fourth-order valence-electron chi connectivity index (χ4n) is 2.01. The zero-order valence-corrected chi connectivity index (χ0v) is 12.8. The smallest absolute Gasteiger partial charge is 0.338 e. The maximum Gasteiger partial charge on any atom is 0.338 e. The minimum atomic E-state index is -0.473. The lowest BCUT2D eigenvalue weighted by Crippen LogP contribution is -2.39. The Kier molecular flexibility index (Phi) is 4.60. The lowest BCUT2D eigenvalue weighted by molar-refractivity contribution is -0.143. The van der Waals surface area contributed by atoms with Crippen LogP contribution in [0.25, 0.3) is 0 Å². The molecular formula is C14H16N4O2S. The van der Waals surface area contributed by atoms with E-state index in [-0.39, 0.29) is 6.10 Å². The molecule has 0 bridgehead atoms. The maximum absolute atomic E-state index is 12.3. The molecule has 0 saturated heterocycles. The summed E-state index contributed by atoms with van der Waals surface area (Å²) in [7, 11) is 0. The Morgan fingerprint density at radius 2 is 2.38 bits per heavy atom. The number of thiophene rings is 1. The second-order valence-electron chi connectivity index (χ2n) is 4.79. The van der Waals surface area contributed by atoms with Crippen molar-refractivity contribution in [2.24, 2.45) is 4.99 Å². The predicted octanol–water partition coefficient (Wildman–Crippen LogP) is 2.04. The number of aliphatic imine (C=N–C) groups is 1. The molecule has 2 heterocycles. The number of carbonyl (C=O) groups excluding carboxylic acids is 1. The van der Waals surface area contributed by atoms with E-state index in [1.165, 1.54) is 11.3 Å². The summed E-state index contributed by atoms with van der Waals surface area (Å²) < 4.78 is 5.30. The molecule has 0 amide bonds. The highest BCUT2D eigenvalue weighted by atomic mass is 32.1. The van der Waals surface area contributed by atoms with Gasteiger partial charge in [0.2, 0.25) is 5.96 Å². The topological polar surface area (TPSA) is 86.5 Å². The van der Waals surface area contributed by atoms with Gasteiger partial charge in [-0.15, -0.1) is 0 Å². The van der Waals surface area contributed by atoms with E-state index in [1.54, 1.807) is 20.8 Å². The van der Waals surface area contributed by atoms with Crippen molar-refractivity contribution in [2.45, 2.75) is 32.9 Å². The van der Waals surface area contributed by atoms with Gasteiger partial charge < -0.3 is 10.1 Å². The molecule has 1 aromatic rings. The Morgan fingerprint density at radius 1 is 1.62 bits per heavy atom. The number of allylic oxidation sites excluding steroid dienone is 1. The van der Waals surface area contributed by atoms with Crippen molar-refractivity contribution in [1.29, 1.82) is 5.26 Å². The van der Waals surface area contributed by atoms with Gasteiger partial charge in [0.05, 0.1) is 11.7 Å². The third-order valence-corrected chi connectivity index (χ3v) is 3.54. The Morgan fingerprint density at radius 3 is 2.95 bits per heavy atom. The van der Waals surface area contributed by atoms with Gasteiger partial charge in [-0.05, 0) is 43.2 Å². The summed E-state index contributed by atoms with van der Waals surface area (Å²) in [6, 6.07) is 1.43. The molecule has 0 aliphatic carbocycles. The van der Waals surface area contributed by atoms with Gasteiger partial charge in [0.25, 0.3) is 0 Å². The van der Waals surface area contributed by atoms with Crippen molar-refractivity contribution < 1.29 is 9.53 Å². The van der Waals surface area contributed by atoms with E-state index >= 15 is 0 Å². The molecule has 2 rings (SSSR count). The summed E-state index contributed by atoms with van der Waals surface area (Å²) in [5.74, 6) is -0.0711. The van der Waals surface area contributed by atoms with Gasteiger partial charge in [0.15, 0.2) is 6.19 Å². The molecule has 6 nitrogen and oxygen atoms in total. The number of carbonyl (C=O) groups is 1. The lowest BCUT2D eigenvalue weighted by Gasteiger charge is -2.25. The highest BCUT2D eigenvalue weighted by Crippen LogP contribution is 2.32. The van der Waals surface area contributed by atoms with Crippen molar-refractivity contribution in [3.8, 4) is 6.19 Å². The van der Waals surface area contributed by atoms with Crippen LogP contribution in [0.1, 0.15) is 32.4 Å². The van der Waals surface area contributed by atoms with Crippen LogP contribution in [-0.2, 0) is 9.53 Å². The van der Waals surface area contributed by atoms with E-state index in [2.05, 4.69) is 15.6 Å². The molecule has 1 aromatic heterocycles. The van der Waals surface area contributed by atoms with Crippen molar-refractivity contribution >= 4 is 23.3 Å². The number of rotatable bonds is 3. The molecule has 2 N–H and O–H groups in total. The second-order valence-corrected chi connectivity index (χ2v) is 5.57. The fraction of sp³-hybridized carbons (Fsp3) is 0.357. The van der Waals surface area contributed by atoms with Gasteiger partial charge >= 0.3 is 5.97 Å². The van der Waals surface area contributed by atoms with Gasteiger partial charge in [-0.3, -0.25) is 5.32 Å². The van der Waals surface area contributed by atoms with Gasteiger partial charge in [-0.25, -0.2) is 9.79 Å². The summed E-state index contributed by atoms with van der Waals surface area (Å²) in [6.07, 6.45) is 1.62. The zero-order valence-electron chi connectivity index (χ0n) is 12.0. The van der Waals surface area contributed by atoms with E-state index in [1.807, 2.05) is 23.0 Å². The molecule has 0 saturated carbocycles. The van der Waals surface area contributed by atoms with E-state index in [0.717, 1.165) is 5.56 Å². The molecule has 21 heavy (non-hydrogen) atoms. The highest BCUT2D eigenvalue weighted by molar-refractivity contribution is 7.08. The van der Waals surface area contributed by atoms with Crippen LogP contribution in [0.2, 0.25) is 0 Å². The average Bonchev–Trinajstić information content (AvgIpc) is 2.90. The standard InChI is InChI=1S/C14H16N4O2S/c1-8(2)20-13(19)11-9(3)17-14(16-7-15)18-12(11)10-4-5-21-6-10/h4-6,8,12H,1-3H3,(H2,16,17,18). The average molecular weight is 304 g/mol. The van der Waals surface area contributed by atoms with E-state index in [4.69, 9.17) is 10.00 Å². The number of hydrogen-bond acceptors (Lipinski definition) is 7. The van der Waals surface area contributed by atoms with Crippen molar-refractivity contribution in [3.63, 3.8) is 0 Å². The normalized spacial score (nSPS) is 17.9. The molecule has 0 fully saturated rings. The number of nitriles is 1. The Balaban J connectivity index is 2.39. The molecule has 0 spiro atoms. The molecule has 1 atom stereocenters. The van der Waals surface area contributed by atoms with E-state index in [9.17, 15) is 4.79 Å². The first kappa shape index (κ1) is 15.1. The number of nitrogens with zero attached hydrogens (tertiary/aromatic N) is 2. The quantitative estimate of drug-likeness (QED) is 0.507. The van der Waals surface area contributed by atoms with Crippen LogP contribution in [-0.4, -0.2) is 18.0 Å². The zero-order chi connectivity index (χ0) is 15.4. The summed E-state index contributed by atoms with van der Waals surface area (Å²) in [5, 5.41) is 18.0. The Bertz CT molecular complexity index is 626. The first-order valence-electron chi connectivity index (χ1n) is 6.46. The first-order chi connectivity index (χ1) is 10.0. The molecule has 1 unspecified atom stereocenters. The molecule has 1 aliphatic heterocycles. The Labute approximate surface area is 127 Å². The van der Waals surface area contributed by atoms with Gasteiger partial charge in [0.1, 0.15) is 6.04 Å². The fourth-order valence-corrected chi connectivity index (χ4v) is 2.69. The highest BCUT2D eigenvalue weighted by Gasteiger charge is 2.31. The SMILES string of the molecule is CC1=C(C(=O)OC(C)C)C(c2ccsc2)N=C(NC#N)N1. The van der Waals surface area contributed by atoms with Crippen LogP contribution in [0.4, 0.5) is 0 Å². The second kappa shape index (κ2) is 6.41. The number of hydrogen-bond donors (Lipinski definition) is 2. The van der Waals surface area contributed by atoms with Gasteiger partial charge in [0, 0.05) is 5.70 Å². The molecule has 0 radical (unpaired) electrons. The molecule has 0 aromatic carbocycles. The van der Waals surface area contributed by atoms with Crippen LogP contribution in [0.3, 0.4) is 0 Å². The van der Waals surface area contributed by atoms with E-state index < -0.39 is 12.0 Å².